The number of hydrogen-bond acceptors (Lipinski definition) is 4. The number of carbonyl (C=O) groups is 1. The first-order valence-electron chi connectivity index (χ1n) is 7.52. The van der Waals surface area contributed by atoms with Gasteiger partial charge in [-0.25, -0.2) is 0 Å². The number of anilines is 1. The highest BCUT2D eigenvalue weighted by molar-refractivity contribution is 9.10. The van der Waals surface area contributed by atoms with E-state index in [9.17, 15) is 14.9 Å². The summed E-state index contributed by atoms with van der Waals surface area (Å²) in [6, 6.07) is 13.9. The van der Waals surface area contributed by atoms with Gasteiger partial charge >= 0.3 is 0 Å². The summed E-state index contributed by atoms with van der Waals surface area (Å²) in [6.07, 6.45) is 0.839. The van der Waals surface area contributed by atoms with E-state index in [2.05, 4.69) is 26.6 Å². The minimum atomic E-state index is -0.492. The van der Waals surface area contributed by atoms with Gasteiger partial charge in [-0.15, -0.1) is 0 Å². The summed E-state index contributed by atoms with van der Waals surface area (Å²) in [5, 5.41) is 16.6. The molecule has 6 nitrogen and oxygen atoms in total. The van der Waals surface area contributed by atoms with Crippen molar-refractivity contribution in [1.29, 1.82) is 0 Å². The molecule has 0 aliphatic carbocycles. The summed E-state index contributed by atoms with van der Waals surface area (Å²) >= 11 is 3.40. The van der Waals surface area contributed by atoms with Gasteiger partial charge in [0.05, 0.1) is 11.5 Å². The van der Waals surface area contributed by atoms with Crippen molar-refractivity contribution in [2.75, 3.05) is 11.9 Å². The molecule has 2 aromatic rings. The maximum Gasteiger partial charge on any atom is 0.271 e. The zero-order valence-electron chi connectivity index (χ0n) is 13.2. The molecule has 0 aliphatic rings. The average molecular weight is 392 g/mol. The Morgan fingerprint density at radius 2 is 1.96 bits per heavy atom. The van der Waals surface area contributed by atoms with Gasteiger partial charge in [-0.1, -0.05) is 41.1 Å². The number of nitrogens with zero attached hydrogens (tertiary/aromatic N) is 1. The number of hydrogen-bond donors (Lipinski definition) is 2. The van der Waals surface area contributed by atoms with Gasteiger partial charge in [0.15, 0.2) is 0 Å². The molecule has 0 fully saturated rings. The number of rotatable bonds is 7. The molecule has 0 bridgehead atoms. The van der Waals surface area contributed by atoms with Crippen molar-refractivity contribution in [3.05, 3.63) is 68.7 Å². The van der Waals surface area contributed by atoms with E-state index in [1.165, 1.54) is 18.2 Å². The second-order valence-corrected chi connectivity index (χ2v) is 6.16. The van der Waals surface area contributed by atoms with E-state index in [1.54, 1.807) is 6.07 Å². The van der Waals surface area contributed by atoms with Gasteiger partial charge in [-0.2, -0.15) is 0 Å². The fourth-order valence-corrected chi connectivity index (χ4v) is 2.58. The molecule has 0 unspecified atom stereocenters. The van der Waals surface area contributed by atoms with Crippen LogP contribution in [0, 0.1) is 10.1 Å². The molecule has 2 N–H and O–H groups in total. The van der Waals surface area contributed by atoms with Crippen LogP contribution in [0.2, 0.25) is 0 Å². The van der Waals surface area contributed by atoms with E-state index in [4.69, 9.17) is 0 Å². The average Bonchev–Trinajstić information content (AvgIpc) is 2.57. The fourth-order valence-electron chi connectivity index (χ4n) is 2.31. The molecule has 7 heteroatoms. The van der Waals surface area contributed by atoms with Crippen molar-refractivity contribution in [2.24, 2.45) is 0 Å². The second kappa shape index (κ2) is 8.56. The monoisotopic (exact) mass is 391 g/mol. The largest absolute Gasteiger partial charge is 0.325 e. The number of nitro groups is 1. The molecule has 126 valence electrons. The van der Waals surface area contributed by atoms with Crippen LogP contribution in [0.25, 0.3) is 0 Å². The van der Waals surface area contributed by atoms with Gasteiger partial charge < -0.3 is 10.6 Å². The zero-order valence-corrected chi connectivity index (χ0v) is 14.7. The topological polar surface area (TPSA) is 84.3 Å². The Bertz CT molecular complexity index is 719. The highest BCUT2D eigenvalue weighted by Crippen LogP contribution is 2.20. The summed E-state index contributed by atoms with van der Waals surface area (Å²) in [5.74, 6) is -0.244. The van der Waals surface area contributed by atoms with Crippen LogP contribution in [-0.4, -0.2) is 17.4 Å². The number of nitro benzene ring substituents is 1. The molecule has 0 saturated carbocycles. The second-order valence-electron chi connectivity index (χ2n) is 5.25. The summed E-state index contributed by atoms with van der Waals surface area (Å²) in [5.41, 5.74) is 1.46. The molecule has 0 aromatic heterocycles. The van der Waals surface area contributed by atoms with Crippen molar-refractivity contribution >= 4 is 33.2 Å². The molecule has 2 rings (SSSR count). The van der Waals surface area contributed by atoms with Crippen LogP contribution < -0.4 is 10.6 Å². The molecular formula is C17H18BrN3O3. The first kappa shape index (κ1) is 18.1. The molecular weight excluding hydrogens is 374 g/mol. The van der Waals surface area contributed by atoms with Crippen LogP contribution in [0.1, 0.15) is 24.9 Å². The highest BCUT2D eigenvalue weighted by atomic mass is 79.9. The Kier molecular flexibility index (Phi) is 6.45. The molecule has 1 amide bonds. The predicted octanol–water partition coefficient (Wildman–Crippen LogP) is 4.04. The number of nitrogens with one attached hydrogen (secondary N) is 2. The maximum atomic E-state index is 12.0. The number of halogens is 1. The highest BCUT2D eigenvalue weighted by Gasteiger charge is 2.12. The molecule has 0 heterocycles. The van der Waals surface area contributed by atoms with Crippen LogP contribution >= 0.6 is 15.9 Å². The van der Waals surface area contributed by atoms with Gasteiger partial charge in [0.2, 0.25) is 5.91 Å². The lowest BCUT2D eigenvalue weighted by molar-refractivity contribution is -0.384. The zero-order chi connectivity index (χ0) is 17.5. The number of non-ortho nitro benzene ring substituents is 1. The SMILES string of the molecule is CC[C@@H](NCC(=O)Nc1cccc([N+](=O)[O-])c1)c1ccc(Br)cc1. The van der Waals surface area contributed by atoms with E-state index in [-0.39, 0.29) is 24.2 Å². The summed E-state index contributed by atoms with van der Waals surface area (Å²) in [7, 11) is 0. The van der Waals surface area contributed by atoms with Crippen molar-refractivity contribution in [1.82, 2.24) is 5.32 Å². The molecule has 0 spiro atoms. The maximum absolute atomic E-state index is 12.0. The van der Waals surface area contributed by atoms with Crippen molar-refractivity contribution in [2.45, 2.75) is 19.4 Å². The summed E-state index contributed by atoms with van der Waals surface area (Å²) in [6.45, 7) is 2.16. The predicted molar refractivity (Wildman–Crippen MR) is 96.9 cm³/mol. The lowest BCUT2D eigenvalue weighted by Crippen LogP contribution is -2.31. The third kappa shape index (κ3) is 5.14. The van der Waals surface area contributed by atoms with Crippen LogP contribution in [0.3, 0.4) is 0 Å². The Morgan fingerprint density at radius 1 is 1.25 bits per heavy atom. The molecule has 1 atom stereocenters. The standard InChI is InChI=1S/C17H18BrN3O3/c1-2-16(12-6-8-13(18)9-7-12)19-11-17(22)20-14-4-3-5-15(10-14)21(23)24/h3-10,16,19H,2,11H2,1H3,(H,20,22)/t16-/m1/s1. The minimum absolute atomic E-state index is 0.0537. The van der Waals surface area contributed by atoms with Crippen LogP contribution in [-0.2, 0) is 4.79 Å². The van der Waals surface area contributed by atoms with E-state index in [0.717, 1.165) is 16.5 Å². The number of carbonyl (C=O) groups excluding carboxylic acids is 1. The number of amides is 1. The first-order valence-corrected chi connectivity index (χ1v) is 8.32. The van der Waals surface area contributed by atoms with Gasteiger partial charge in [0, 0.05) is 28.3 Å². The third-order valence-electron chi connectivity index (χ3n) is 3.53. The Labute approximate surface area is 148 Å². The van der Waals surface area contributed by atoms with Gasteiger partial charge in [-0.05, 0) is 30.2 Å². The van der Waals surface area contributed by atoms with Crippen molar-refractivity contribution < 1.29 is 9.72 Å². The van der Waals surface area contributed by atoms with E-state index < -0.39 is 4.92 Å². The van der Waals surface area contributed by atoms with Crippen LogP contribution in [0.4, 0.5) is 11.4 Å². The Balaban J connectivity index is 1.93. The Hall–Kier alpha value is -2.25. The van der Waals surface area contributed by atoms with Gasteiger partial charge in [-0.3, -0.25) is 14.9 Å². The molecule has 24 heavy (non-hydrogen) atoms. The smallest absolute Gasteiger partial charge is 0.271 e. The van der Waals surface area contributed by atoms with Crippen molar-refractivity contribution in [3.63, 3.8) is 0 Å². The van der Waals surface area contributed by atoms with E-state index in [0.29, 0.717) is 5.69 Å². The quantitative estimate of drug-likeness (QED) is 0.550. The molecule has 0 aliphatic heterocycles. The fraction of sp³-hybridized carbons (Fsp3) is 0.235. The molecule has 0 radical (unpaired) electrons. The number of benzene rings is 2. The molecule has 2 aromatic carbocycles. The lowest BCUT2D eigenvalue weighted by Gasteiger charge is -2.17. The lowest BCUT2D eigenvalue weighted by atomic mass is 10.0. The van der Waals surface area contributed by atoms with Gasteiger partial charge in [0.1, 0.15) is 0 Å². The van der Waals surface area contributed by atoms with E-state index >= 15 is 0 Å². The van der Waals surface area contributed by atoms with E-state index in [1.807, 2.05) is 31.2 Å². The molecule has 0 saturated heterocycles. The third-order valence-corrected chi connectivity index (χ3v) is 4.06. The minimum Gasteiger partial charge on any atom is -0.325 e. The first-order chi connectivity index (χ1) is 11.5. The van der Waals surface area contributed by atoms with Crippen LogP contribution in [0.5, 0.6) is 0 Å². The van der Waals surface area contributed by atoms with Crippen LogP contribution in [0.15, 0.2) is 53.0 Å². The van der Waals surface area contributed by atoms with Gasteiger partial charge in [0.25, 0.3) is 5.69 Å². The summed E-state index contributed by atoms with van der Waals surface area (Å²) in [4.78, 5) is 22.3. The Morgan fingerprint density at radius 3 is 2.58 bits per heavy atom. The summed E-state index contributed by atoms with van der Waals surface area (Å²) < 4.78 is 1.00. The van der Waals surface area contributed by atoms with Crippen molar-refractivity contribution in [3.8, 4) is 0 Å². The normalized spacial score (nSPS) is 11.8.